The number of aromatic nitrogens is 1. The van der Waals surface area contributed by atoms with Crippen LogP contribution in [-0.2, 0) is 0 Å². The van der Waals surface area contributed by atoms with Crippen LogP contribution in [0.2, 0.25) is 0 Å². The van der Waals surface area contributed by atoms with Gasteiger partial charge in [0, 0.05) is 17.1 Å². The molecule has 1 aromatic heterocycles. The van der Waals surface area contributed by atoms with Crippen LogP contribution >= 0.6 is 0 Å². The minimum absolute atomic E-state index is 0.0853. The molecule has 20 heavy (non-hydrogen) atoms. The summed E-state index contributed by atoms with van der Waals surface area (Å²) in [6.45, 7) is 1.83. The van der Waals surface area contributed by atoms with E-state index in [0.29, 0.717) is 5.56 Å². The Morgan fingerprint density at radius 3 is 2.75 bits per heavy atom. The van der Waals surface area contributed by atoms with Gasteiger partial charge in [-0.3, -0.25) is 9.78 Å². The molecule has 0 atom stereocenters. The van der Waals surface area contributed by atoms with Gasteiger partial charge in [-0.2, -0.15) is 0 Å². The molecule has 0 bridgehead atoms. The quantitative estimate of drug-likeness (QED) is 0.657. The molecule has 3 rings (SSSR count). The first-order valence-electron chi connectivity index (χ1n) is 6.31. The fraction of sp³-hybridized carbons (Fsp3) is 0.0588. The van der Waals surface area contributed by atoms with E-state index in [1.807, 2.05) is 31.2 Å². The lowest BCUT2D eigenvalue weighted by Crippen LogP contribution is -2.05. The van der Waals surface area contributed by atoms with E-state index in [2.05, 4.69) is 4.98 Å². The Kier molecular flexibility index (Phi) is 3.03. The third-order valence-electron chi connectivity index (χ3n) is 3.22. The Morgan fingerprint density at radius 1 is 1.10 bits per heavy atom. The molecule has 0 radical (unpaired) electrons. The zero-order valence-electron chi connectivity index (χ0n) is 10.9. The molecule has 0 aliphatic heterocycles. The van der Waals surface area contributed by atoms with Crippen molar-refractivity contribution >= 4 is 16.7 Å². The van der Waals surface area contributed by atoms with Gasteiger partial charge in [0.25, 0.3) is 0 Å². The van der Waals surface area contributed by atoms with Crippen molar-refractivity contribution in [1.82, 2.24) is 4.98 Å². The molecule has 0 saturated carbocycles. The number of hydrogen-bond donors (Lipinski definition) is 0. The second kappa shape index (κ2) is 4.85. The number of ketones is 1. The lowest BCUT2D eigenvalue weighted by atomic mass is 10.0. The molecule has 0 saturated heterocycles. The second-order valence-corrected chi connectivity index (χ2v) is 4.73. The second-order valence-electron chi connectivity index (χ2n) is 4.73. The molecule has 98 valence electrons. The van der Waals surface area contributed by atoms with Crippen molar-refractivity contribution in [2.75, 3.05) is 0 Å². The van der Waals surface area contributed by atoms with Crippen molar-refractivity contribution in [3.8, 4) is 0 Å². The van der Waals surface area contributed by atoms with Gasteiger partial charge in [-0.05, 0) is 31.2 Å². The minimum atomic E-state index is -0.506. The lowest BCUT2D eigenvalue weighted by molar-refractivity contribution is 0.103. The topological polar surface area (TPSA) is 30.0 Å². The summed E-state index contributed by atoms with van der Waals surface area (Å²) in [5, 5.41) is 0.867. The summed E-state index contributed by atoms with van der Waals surface area (Å²) >= 11 is 0. The van der Waals surface area contributed by atoms with E-state index in [0.717, 1.165) is 16.5 Å². The zero-order chi connectivity index (χ0) is 14.1. The molecule has 2 nitrogen and oxygen atoms in total. The Labute approximate surface area is 115 Å². The molecule has 0 spiro atoms. The van der Waals surface area contributed by atoms with Gasteiger partial charge in [-0.1, -0.05) is 29.8 Å². The van der Waals surface area contributed by atoms with E-state index in [4.69, 9.17) is 0 Å². The fourth-order valence-electron chi connectivity index (χ4n) is 2.16. The van der Waals surface area contributed by atoms with E-state index in [-0.39, 0.29) is 11.3 Å². The third kappa shape index (κ3) is 2.18. The van der Waals surface area contributed by atoms with E-state index in [1.165, 1.54) is 12.3 Å². The fourth-order valence-corrected chi connectivity index (χ4v) is 2.16. The average Bonchev–Trinajstić information content (AvgIpc) is 2.48. The predicted molar refractivity (Wildman–Crippen MR) is 76.3 cm³/mol. The van der Waals surface area contributed by atoms with Crippen molar-refractivity contribution < 1.29 is 9.18 Å². The first-order chi connectivity index (χ1) is 9.65. The van der Waals surface area contributed by atoms with E-state index in [9.17, 15) is 9.18 Å². The molecule has 3 heteroatoms. The number of benzene rings is 2. The number of aryl methyl sites for hydroxylation is 1. The number of carbonyl (C=O) groups is 1. The number of carbonyl (C=O) groups excluding carboxylic acids is 1. The maximum atomic E-state index is 13.8. The number of hydrogen-bond acceptors (Lipinski definition) is 2. The average molecular weight is 265 g/mol. The normalized spacial score (nSPS) is 10.7. The van der Waals surface area contributed by atoms with Gasteiger partial charge in [-0.15, -0.1) is 0 Å². The number of para-hydroxylation sites is 1. The van der Waals surface area contributed by atoms with Gasteiger partial charge >= 0.3 is 0 Å². The highest BCUT2D eigenvalue weighted by molar-refractivity contribution is 6.10. The smallest absolute Gasteiger partial charge is 0.197 e. The van der Waals surface area contributed by atoms with E-state index >= 15 is 0 Å². The van der Waals surface area contributed by atoms with E-state index < -0.39 is 5.82 Å². The van der Waals surface area contributed by atoms with Gasteiger partial charge < -0.3 is 0 Å². The van der Waals surface area contributed by atoms with Crippen LogP contribution in [0.5, 0.6) is 0 Å². The maximum absolute atomic E-state index is 13.8. The van der Waals surface area contributed by atoms with Crippen molar-refractivity contribution in [2.45, 2.75) is 6.92 Å². The summed E-state index contributed by atoms with van der Waals surface area (Å²) in [4.78, 5) is 16.6. The Morgan fingerprint density at radius 2 is 1.90 bits per heavy atom. The van der Waals surface area contributed by atoms with Gasteiger partial charge in [-0.25, -0.2) is 4.39 Å². The molecule has 0 aliphatic carbocycles. The first-order valence-corrected chi connectivity index (χ1v) is 6.31. The van der Waals surface area contributed by atoms with Crippen LogP contribution < -0.4 is 0 Å². The highest BCUT2D eigenvalue weighted by Gasteiger charge is 2.15. The summed E-state index contributed by atoms with van der Waals surface area (Å²) in [5.74, 6) is -0.849. The van der Waals surface area contributed by atoms with E-state index in [1.54, 1.807) is 18.2 Å². The van der Waals surface area contributed by atoms with Gasteiger partial charge in [0.1, 0.15) is 5.82 Å². The maximum Gasteiger partial charge on any atom is 0.197 e. The highest BCUT2D eigenvalue weighted by Crippen LogP contribution is 2.18. The molecule has 0 aliphatic rings. The minimum Gasteiger partial charge on any atom is -0.288 e. The Hall–Kier alpha value is -2.55. The van der Waals surface area contributed by atoms with Gasteiger partial charge in [0.2, 0.25) is 0 Å². The number of nitrogens with zero attached hydrogens (tertiary/aromatic N) is 1. The SMILES string of the molecule is Cc1ccc(F)c(C(=O)c2cnc3ccccc3c2)c1. The summed E-state index contributed by atoms with van der Waals surface area (Å²) in [5.41, 5.74) is 2.15. The molecule has 0 amide bonds. The molecule has 0 N–H and O–H groups in total. The van der Waals surface area contributed by atoms with Crippen LogP contribution in [0.4, 0.5) is 4.39 Å². The standard InChI is InChI=1S/C17H12FNO/c1-11-6-7-15(18)14(8-11)17(20)13-9-12-4-2-3-5-16(12)19-10-13/h2-10H,1H3. The monoisotopic (exact) mass is 265 g/mol. The van der Waals surface area contributed by atoms with Crippen LogP contribution in [0.3, 0.4) is 0 Å². The Bertz CT molecular complexity index is 811. The summed E-state index contributed by atoms with van der Waals surface area (Å²) in [7, 11) is 0. The highest BCUT2D eigenvalue weighted by atomic mass is 19.1. The number of pyridine rings is 1. The van der Waals surface area contributed by atoms with Gasteiger partial charge in [0.15, 0.2) is 5.78 Å². The lowest BCUT2D eigenvalue weighted by Gasteiger charge is -2.05. The Balaban J connectivity index is 2.10. The largest absolute Gasteiger partial charge is 0.288 e. The van der Waals surface area contributed by atoms with Crippen molar-refractivity contribution in [3.05, 3.63) is 77.2 Å². The molecule has 1 heterocycles. The van der Waals surface area contributed by atoms with Crippen molar-refractivity contribution in [2.24, 2.45) is 0 Å². The molecule has 3 aromatic rings. The molecule has 0 unspecified atom stereocenters. The van der Waals surface area contributed by atoms with Crippen LogP contribution in [0.15, 0.2) is 54.7 Å². The number of halogens is 1. The first kappa shape index (κ1) is 12.5. The summed E-state index contributed by atoms with van der Waals surface area (Å²) in [6, 6.07) is 13.8. The predicted octanol–water partition coefficient (Wildman–Crippen LogP) is 3.91. The zero-order valence-corrected chi connectivity index (χ0v) is 10.9. The third-order valence-corrected chi connectivity index (χ3v) is 3.22. The van der Waals surface area contributed by atoms with Gasteiger partial charge in [0.05, 0.1) is 11.1 Å². The van der Waals surface area contributed by atoms with Crippen molar-refractivity contribution in [1.29, 1.82) is 0 Å². The van der Waals surface area contributed by atoms with Crippen LogP contribution in [0.25, 0.3) is 10.9 Å². The van der Waals surface area contributed by atoms with Crippen LogP contribution in [-0.4, -0.2) is 10.8 Å². The number of fused-ring (bicyclic) bond motifs is 1. The molecule has 2 aromatic carbocycles. The van der Waals surface area contributed by atoms with Crippen LogP contribution in [0.1, 0.15) is 21.5 Å². The molecular formula is C17H12FNO. The summed E-state index contributed by atoms with van der Waals surface area (Å²) in [6.07, 6.45) is 1.49. The molecule has 0 fully saturated rings. The summed E-state index contributed by atoms with van der Waals surface area (Å²) < 4.78 is 13.8. The van der Waals surface area contributed by atoms with Crippen LogP contribution in [0, 0.1) is 12.7 Å². The molecular weight excluding hydrogens is 253 g/mol. The van der Waals surface area contributed by atoms with Crippen molar-refractivity contribution in [3.63, 3.8) is 0 Å². The number of rotatable bonds is 2.